The van der Waals surface area contributed by atoms with E-state index in [1.807, 2.05) is 6.08 Å². The molecule has 1 aliphatic heterocycles. The molecule has 0 aromatic heterocycles. The van der Waals surface area contributed by atoms with Crippen LogP contribution >= 0.6 is 0 Å². The van der Waals surface area contributed by atoms with Crippen LogP contribution in [0.1, 0.15) is 19.3 Å². The van der Waals surface area contributed by atoms with Crippen molar-refractivity contribution < 1.29 is 9.59 Å². The van der Waals surface area contributed by atoms with Crippen molar-refractivity contribution in [3.63, 3.8) is 0 Å². The largest absolute Gasteiger partial charge is 0.370 e. The highest BCUT2D eigenvalue weighted by atomic mass is 16.2. The van der Waals surface area contributed by atoms with Gasteiger partial charge in [-0.3, -0.25) is 9.59 Å². The smallest absolute Gasteiger partial charge is 0.246 e. The Hall–Kier alpha value is -1.32. The molecule has 1 aliphatic rings. The summed E-state index contributed by atoms with van der Waals surface area (Å²) in [5, 5.41) is 0. The van der Waals surface area contributed by atoms with Gasteiger partial charge in [0.1, 0.15) is 0 Å². The van der Waals surface area contributed by atoms with Crippen LogP contribution in [0.2, 0.25) is 0 Å². The van der Waals surface area contributed by atoms with E-state index in [1.165, 1.54) is 0 Å². The van der Waals surface area contributed by atoms with Gasteiger partial charge in [0.15, 0.2) is 0 Å². The first-order valence-corrected chi connectivity index (χ1v) is 4.44. The lowest BCUT2D eigenvalue weighted by Crippen LogP contribution is -2.33. The fourth-order valence-electron chi connectivity index (χ4n) is 1.30. The van der Waals surface area contributed by atoms with Crippen LogP contribution in [-0.2, 0) is 9.59 Å². The lowest BCUT2D eigenvalue weighted by molar-refractivity contribution is -0.127. The van der Waals surface area contributed by atoms with Gasteiger partial charge in [-0.1, -0.05) is 6.08 Å². The standard InChI is InChI=1S/C9H14N2O2/c10-8(12)4-3-7-11-6-2-1-5-9(11)13/h1,5H,2-4,6-7H2,(H2,10,12). The zero-order valence-electron chi connectivity index (χ0n) is 7.53. The van der Waals surface area contributed by atoms with Gasteiger partial charge >= 0.3 is 0 Å². The molecule has 1 rings (SSSR count). The van der Waals surface area contributed by atoms with Gasteiger partial charge < -0.3 is 10.6 Å². The van der Waals surface area contributed by atoms with Crippen molar-refractivity contribution in [2.24, 2.45) is 5.73 Å². The van der Waals surface area contributed by atoms with Gasteiger partial charge in [0, 0.05) is 19.5 Å². The lowest BCUT2D eigenvalue weighted by Gasteiger charge is -2.22. The Kier molecular flexibility index (Phi) is 3.49. The Balaban J connectivity index is 2.24. The van der Waals surface area contributed by atoms with Crippen molar-refractivity contribution in [1.82, 2.24) is 4.90 Å². The summed E-state index contributed by atoms with van der Waals surface area (Å²) in [5.41, 5.74) is 4.99. The average molecular weight is 182 g/mol. The number of carbonyl (C=O) groups excluding carboxylic acids is 2. The molecule has 0 aromatic carbocycles. The van der Waals surface area contributed by atoms with Gasteiger partial charge in [0.05, 0.1) is 0 Å². The molecular formula is C9H14N2O2. The number of hydrogen-bond donors (Lipinski definition) is 1. The zero-order valence-corrected chi connectivity index (χ0v) is 7.53. The van der Waals surface area contributed by atoms with E-state index >= 15 is 0 Å². The summed E-state index contributed by atoms with van der Waals surface area (Å²) in [7, 11) is 0. The van der Waals surface area contributed by atoms with Crippen molar-refractivity contribution in [2.45, 2.75) is 19.3 Å². The summed E-state index contributed by atoms with van der Waals surface area (Å²) in [6, 6.07) is 0. The maximum atomic E-state index is 11.2. The van der Waals surface area contributed by atoms with Crippen molar-refractivity contribution >= 4 is 11.8 Å². The molecule has 0 atom stereocenters. The molecule has 0 aliphatic carbocycles. The molecule has 13 heavy (non-hydrogen) atoms. The third kappa shape index (κ3) is 3.27. The number of hydrogen-bond acceptors (Lipinski definition) is 2. The fraction of sp³-hybridized carbons (Fsp3) is 0.556. The number of amides is 2. The fourth-order valence-corrected chi connectivity index (χ4v) is 1.30. The molecule has 0 saturated carbocycles. The van der Waals surface area contributed by atoms with Crippen LogP contribution in [0, 0.1) is 0 Å². The van der Waals surface area contributed by atoms with Gasteiger partial charge in [-0.05, 0) is 18.9 Å². The molecule has 72 valence electrons. The molecule has 0 aromatic rings. The highest BCUT2D eigenvalue weighted by Gasteiger charge is 2.12. The lowest BCUT2D eigenvalue weighted by atomic mass is 10.2. The highest BCUT2D eigenvalue weighted by molar-refractivity contribution is 5.88. The number of primary amides is 1. The molecule has 0 radical (unpaired) electrons. The third-order valence-corrected chi connectivity index (χ3v) is 1.99. The number of nitrogens with two attached hydrogens (primary N) is 1. The van der Waals surface area contributed by atoms with E-state index in [9.17, 15) is 9.59 Å². The molecule has 0 fully saturated rings. The predicted octanol–water partition coefficient (Wildman–Crippen LogP) is 0.0404. The molecule has 1 heterocycles. The van der Waals surface area contributed by atoms with Crippen LogP contribution in [-0.4, -0.2) is 29.8 Å². The van der Waals surface area contributed by atoms with E-state index in [1.54, 1.807) is 11.0 Å². The average Bonchev–Trinajstić information content (AvgIpc) is 2.08. The molecule has 2 N–H and O–H groups in total. The summed E-state index contributed by atoms with van der Waals surface area (Å²) in [5.74, 6) is -0.268. The Morgan fingerprint density at radius 2 is 2.38 bits per heavy atom. The van der Waals surface area contributed by atoms with Crippen molar-refractivity contribution in [3.05, 3.63) is 12.2 Å². The summed E-state index contributed by atoms with van der Waals surface area (Å²) in [6.45, 7) is 1.39. The number of rotatable bonds is 4. The summed E-state index contributed by atoms with van der Waals surface area (Å²) in [4.78, 5) is 23.4. The minimum Gasteiger partial charge on any atom is -0.370 e. The molecule has 0 bridgehead atoms. The Bertz CT molecular complexity index is 236. The van der Waals surface area contributed by atoms with Gasteiger partial charge in [-0.25, -0.2) is 0 Å². The topological polar surface area (TPSA) is 63.4 Å². The minimum absolute atomic E-state index is 0.0377. The summed E-state index contributed by atoms with van der Waals surface area (Å²) in [6.07, 6.45) is 5.37. The maximum absolute atomic E-state index is 11.2. The first-order chi connectivity index (χ1) is 6.20. The van der Waals surface area contributed by atoms with Crippen LogP contribution in [0.3, 0.4) is 0 Å². The molecular weight excluding hydrogens is 168 g/mol. The predicted molar refractivity (Wildman–Crippen MR) is 48.8 cm³/mol. The SMILES string of the molecule is NC(=O)CCCN1CCC=CC1=O. The second-order valence-electron chi connectivity index (χ2n) is 3.09. The summed E-state index contributed by atoms with van der Waals surface area (Å²) < 4.78 is 0. The van der Waals surface area contributed by atoms with Crippen LogP contribution in [0.15, 0.2) is 12.2 Å². The van der Waals surface area contributed by atoms with E-state index in [0.29, 0.717) is 19.4 Å². The maximum Gasteiger partial charge on any atom is 0.246 e. The molecule has 0 spiro atoms. The Labute approximate surface area is 77.4 Å². The molecule has 2 amide bonds. The molecule has 4 nitrogen and oxygen atoms in total. The van der Waals surface area contributed by atoms with Gasteiger partial charge in [0.25, 0.3) is 0 Å². The van der Waals surface area contributed by atoms with Crippen molar-refractivity contribution in [2.75, 3.05) is 13.1 Å². The van der Waals surface area contributed by atoms with Gasteiger partial charge in [-0.2, -0.15) is 0 Å². The van der Waals surface area contributed by atoms with E-state index in [2.05, 4.69) is 0 Å². The molecule has 0 unspecified atom stereocenters. The third-order valence-electron chi connectivity index (χ3n) is 1.99. The Morgan fingerprint density at radius 1 is 1.62 bits per heavy atom. The van der Waals surface area contributed by atoms with Crippen LogP contribution in [0.4, 0.5) is 0 Å². The zero-order chi connectivity index (χ0) is 9.68. The Morgan fingerprint density at radius 3 is 3.00 bits per heavy atom. The first kappa shape index (κ1) is 9.77. The van der Waals surface area contributed by atoms with Gasteiger partial charge in [0.2, 0.25) is 11.8 Å². The van der Waals surface area contributed by atoms with Crippen molar-refractivity contribution in [1.29, 1.82) is 0 Å². The van der Waals surface area contributed by atoms with Crippen LogP contribution in [0.25, 0.3) is 0 Å². The molecule has 4 heteroatoms. The van der Waals surface area contributed by atoms with Crippen LogP contribution < -0.4 is 5.73 Å². The normalized spacial score (nSPS) is 16.3. The quantitative estimate of drug-likeness (QED) is 0.667. The number of carbonyl (C=O) groups is 2. The van der Waals surface area contributed by atoms with Crippen molar-refractivity contribution in [3.8, 4) is 0 Å². The highest BCUT2D eigenvalue weighted by Crippen LogP contribution is 2.04. The summed E-state index contributed by atoms with van der Waals surface area (Å²) >= 11 is 0. The van der Waals surface area contributed by atoms with Gasteiger partial charge in [-0.15, -0.1) is 0 Å². The minimum atomic E-state index is -0.306. The van der Waals surface area contributed by atoms with E-state index < -0.39 is 0 Å². The monoisotopic (exact) mass is 182 g/mol. The first-order valence-electron chi connectivity index (χ1n) is 4.44. The van der Waals surface area contributed by atoms with E-state index in [0.717, 1.165) is 13.0 Å². The van der Waals surface area contributed by atoms with Crippen LogP contribution in [0.5, 0.6) is 0 Å². The van der Waals surface area contributed by atoms with E-state index in [4.69, 9.17) is 5.73 Å². The second-order valence-corrected chi connectivity index (χ2v) is 3.09. The number of nitrogens with zero attached hydrogens (tertiary/aromatic N) is 1. The molecule has 0 saturated heterocycles. The second kappa shape index (κ2) is 4.64. The van der Waals surface area contributed by atoms with E-state index in [-0.39, 0.29) is 11.8 Å².